The summed E-state index contributed by atoms with van der Waals surface area (Å²) >= 11 is 3.49. The lowest BCUT2D eigenvalue weighted by atomic mass is 10.4. The smallest absolute Gasteiger partial charge is 0.198 e. The number of hydrogen-bond donors (Lipinski definition) is 0. The second-order valence-corrected chi connectivity index (χ2v) is 15.6. The molecule has 0 bridgehead atoms. The summed E-state index contributed by atoms with van der Waals surface area (Å²) in [6, 6.07) is 0. The Hall–Kier alpha value is 0.434. The fourth-order valence-electron chi connectivity index (χ4n) is 0.858. The minimum Gasteiger partial charge on any atom is -0.403 e. The van der Waals surface area contributed by atoms with E-state index in [4.69, 9.17) is 4.43 Å². The Bertz CT molecular complexity index is 235. The summed E-state index contributed by atoms with van der Waals surface area (Å²) in [7, 11) is -2.75. The standard InChI is InChI=1S/C10H21BrOSi2/c1-10(7-8-13(2,3)4)12-14(5,6)9-11/h10H,9H2,1-6H3. The molecule has 0 aromatic carbocycles. The van der Waals surface area contributed by atoms with E-state index in [1.807, 2.05) is 6.92 Å². The maximum absolute atomic E-state index is 5.92. The minimum atomic E-state index is -1.51. The van der Waals surface area contributed by atoms with Crippen LogP contribution in [0.1, 0.15) is 6.92 Å². The van der Waals surface area contributed by atoms with E-state index in [-0.39, 0.29) is 6.10 Å². The van der Waals surface area contributed by atoms with E-state index in [1.54, 1.807) is 0 Å². The van der Waals surface area contributed by atoms with Crippen LogP contribution in [-0.4, -0.2) is 27.4 Å². The van der Waals surface area contributed by atoms with Crippen molar-refractivity contribution in [1.82, 2.24) is 0 Å². The maximum Gasteiger partial charge on any atom is 0.198 e. The number of hydrogen-bond acceptors (Lipinski definition) is 1. The van der Waals surface area contributed by atoms with Crippen LogP contribution in [0.15, 0.2) is 0 Å². The third-order valence-electron chi connectivity index (χ3n) is 1.47. The lowest BCUT2D eigenvalue weighted by molar-refractivity contribution is 0.271. The van der Waals surface area contributed by atoms with Gasteiger partial charge in [0.25, 0.3) is 0 Å². The highest BCUT2D eigenvalue weighted by molar-refractivity contribution is 9.09. The van der Waals surface area contributed by atoms with Crippen LogP contribution in [0.2, 0.25) is 32.7 Å². The van der Waals surface area contributed by atoms with Crippen molar-refractivity contribution in [2.45, 2.75) is 45.8 Å². The normalized spacial score (nSPS) is 14.5. The van der Waals surface area contributed by atoms with Crippen LogP contribution < -0.4 is 0 Å². The van der Waals surface area contributed by atoms with Crippen molar-refractivity contribution in [2.75, 3.05) is 4.95 Å². The zero-order valence-corrected chi connectivity index (χ0v) is 13.7. The summed E-state index contributed by atoms with van der Waals surface area (Å²) in [6.45, 7) is 13.2. The fraction of sp³-hybridized carbons (Fsp3) is 0.800. The Balaban J connectivity index is 4.22. The molecule has 0 aliphatic heterocycles. The first-order chi connectivity index (χ1) is 6.16. The van der Waals surface area contributed by atoms with Gasteiger partial charge in [-0.3, -0.25) is 0 Å². The molecule has 0 saturated heterocycles. The number of rotatable bonds is 3. The van der Waals surface area contributed by atoms with Gasteiger partial charge in [0, 0.05) is 4.95 Å². The summed E-state index contributed by atoms with van der Waals surface area (Å²) in [6.07, 6.45) is 0.0842. The molecule has 1 nitrogen and oxygen atoms in total. The van der Waals surface area contributed by atoms with Gasteiger partial charge in [0.1, 0.15) is 14.2 Å². The van der Waals surface area contributed by atoms with Crippen LogP contribution in [0, 0.1) is 11.5 Å². The van der Waals surface area contributed by atoms with Crippen molar-refractivity contribution in [3.63, 3.8) is 0 Å². The van der Waals surface area contributed by atoms with Crippen molar-refractivity contribution in [2.24, 2.45) is 0 Å². The SMILES string of the molecule is CC(C#C[Si](C)(C)C)O[Si](C)(C)CBr. The Kier molecular flexibility index (Phi) is 5.67. The number of halogens is 1. The van der Waals surface area contributed by atoms with Crippen molar-refractivity contribution in [3.05, 3.63) is 0 Å². The monoisotopic (exact) mass is 292 g/mol. The molecule has 0 heterocycles. The molecule has 14 heavy (non-hydrogen) atoms. The van der Waals surface area contributed by atoms with E-state index in [1.165, 1.54) is 0 Å². The molecule has 82 valence electrons. The summed E-state index contributed by atoms with van der Waals surface area (Å²) in [4.78, 5) is 0.971. The molecule has 0 aromatic heterocycles. The number of alkyl halides is 1. The Morgan fingerprint density at radius 3 is 2.07 bits per heavy atom. The third-order valence-corrected chi connectivity index (χ3v) is 8.05. The highest BCUT2D eigenvalue weighted by atomic mass is 79.9. The Labute approximate surface area is 98.9 Å². The molecule has 0 aliphatic carbocycles. The topological polar surface area (TPSA) is 9.23 Å². The van der Waals surface area contributed by atoms with Crippen LogP contribution in [0.5, 0.6) is 0 Å². The first kappa shape index (κ1) is 14.4. The van der Waals surface area contributed by atoms with Gasteiger partial charge in [-0.1, -0.05) is 41.5 Å². The van der Waals surface area contributed by atoms with Gasteiger partial charge in [-0.2, -0.15) is 0 Å². The first-order valence-corrected chi connectivity index (χ1v) is 12.7. The van der Waals surface area contributed by atoms with Crippen molar-refractivity contribution < 1.29 is 4.43 Å². The summed E-state index contributed by atoms with van der Waals surface area (Å²) in [5.41, 5.74) is 3.34. The van der Waals surface area contributed by atoms with Crippen LogP contribution in [0.3, 0.4) is 0 Å². The molecule has 1 unspecified atom stereocenters. The molecule has 0 saturated carbocycles. The van der Waals surface area contributed by atoms with E-state index in [2.05, 4.69) is 60.1 Å². The Morgan fingerprint density at radius 2 is 1.71 bits per heavy atom. The van der Waals surface area contributed by atoms with Crippen LogP contribution in [-0.2, 0) is 4.43 Å². The molecule has 0 spiro atoms. The average molecular weight is 293 g/mol. The van der Waals surface area contributed by atoms with Crippen LogP contribution in [0.4, 0.5) is 0 Å². The highest BCUT2D eigenvalue weighted by Crippen LogP contribution is 2.10. The van der Waals surface area contributed by atoms with Crippen LogP contribution in [0.25, 0.3) is 0 Å². The average Bonchev–Trinajstić information content (AvgIpc) is 1.99. The molecule has 4 heteroatoms. The second-order valence-electron chi connectivity index (χ2n) is 5.17. The fourth-order valence-corrected chi connectivity index (χ4v) is 2.97. The molecule has 1 atom stereocenters. The van der Waals surface area contributed by atoms with E-state index < -0.39 is 16.4 Å². The molecule has 0 radical (unpaired) electrons. The van der Waals surface area contributed by atoms with E-state index >= 15 is 0 Å². The van der Waals surface area contributed by atoms with Gasteiger partial charge in [0.2, 0.25) is 0 Å². The largest absolute Gasteiger partial charge is 0.403 e. The van der Waals surface area contributed by atoms with E-state index in [0.29, 0.717) is 0 Å². The summed E-state index contributed by atoms with van der Waals surface area (Å²) in [5.74, 6) is 3.22. The van der Waals surface area contributed by atoms with Crippen molar-refractivity contribution in [1.29, 1.82) is 0 Å². The first-order valence-electron chi connectivity index (χ1n) is 4.93. The molecular formula is C10H21BrOSi2. The molecule has 0 aliphatic rings. The van der Waals surface area contributed by atoms with Gasteiger partial charge in [-0.15, -0.1) is 5.54 Å². The quantitative estimate of drug-likeness (QED) is 0.440. The van der Waals surface area contributed by atoms with Crippen LogP contribution >= 0.6 is 15.9 Å². The lowest BCUT2D eigenvalue weighted by Crippen LogP contribution is -2.36. The van der Waals surface area contributed by atoms with Crippen molar-refractivity contribution >= 4 is 32.3 Å². The molecule has 0 rings (SSSR count). The zero-order valence-electron chi connectivity index (χ0n) is 10.1. The van der Waals surface area contributed by atoms with Gasteiger partial charge in [0.15, 0.2) is 8.32 Å². The predicted octanol–water partition coefficient (Wildman–Crippen LogP) is 3.41. The predicted molar refractivity (Wildman–Crippen MR) is 72.9 cm³/mol. The molecular weight excluding hydrogens is 272 g/mol. The minimum absolute atomic E-state index is 0.0842. The second kappa shape index (κ2) is 5.50. The molecule has 0 N–H and O–H groups in total. The van der Waals surface area contributed by atoms with Gasteiger partial charge in [-0.25, -0.2) is 0 Å². The van der Waals surface area contributed by atoms with Gasteiger partial charge in [-0.05, 0) is 20.0 Å². The highest BCUT2D eigenvalue weighted by Gasteiger charge is 2.22. The third kappa shape index (κ3) is 7.80. The summed E-state index contributed by atoms with van der Waals surface area (Å²) < 4.78 is 5.92. The maximum atomic E-state index is 5.92. The molecule has 0 fully saturated rings. The van der Waals surface area contributed by atoms with Gasteiger partial charge >= 0.3 is 0 Å². The molecule has 0 amide bonds. The van der Waals surface area contributed by atoms with E-state index in [9.17, 15) is 0 Å². The van der Waals surface area contributed by atoms with Gasteiger partial charge in [0.05, 0.1) is 0 Å². The van der Waals surface area contributed by atoms with Crippen molar-refractivity contribution in [3.8, 4) is 11.5 Å². The molecule has 0 aromatic rings. The zero-order chi connectivity index (χ0) is 11.4. The lowest BCUT2D eigenvalue weighted by Gasteiger charge is -2.22. The Morgan fingerprint density at radius 1 is 1.21 bits per heavy atom. The van der Waals surface area contributed by atoms with Gasteiger partial charge < -0.3 is 4.43 Å². The van der Waals surface area contributed by atoms with E-state index in [0.717, 1.165) is 4.95 Å². The summed E-state index contributed by atoms with van der Waals surface area (Å²) in [5, 5.41) is 0.